The predicted molar refractivity (Wildman–Crippen MR) is 71.2 cm³/mol. The van der Waals surface area contributed by atoms with Crippen molar-refractivity contribution in [1.29, 1.82) is 0 Å². The normalized spacial score (nSPS) is 10.4. The second kappa shape index (κ2) is 5.63. The smallest absolute Gasteiger partial charge is 0.150 e. The number of nitrogens with zero attached hydrogens (tertiary/aromatic N) is 1. The van der Waals surface area contributed by atoms with Crippen molar-refractivity contribution >= 4 is 18.2 Å². The minimum Gasteiger partial charge on any atom is -0.508 e. The Labute approximate surface area is 105 Å². The lowest BCUT2D eigenvalue weighted by molar-refractivity contribution is 0.112. The molecule has 0 fully saturated rings. The van der Waals surface area contributed by atoms with Crippen molar-refractivity contribution in [3.8, 4) is 5.75 Å². The largest absolute Gasteiger partial charge is 0.508 e. The number of carbonyl (C=O) groups excluding carboxylic acids is 1. The third-order valence-corrected chi connectivity index (χ3v) is 2.35. The van der Waals surface area contributed by atoms with Gasteiger partial charge in [0.1, 0.15) is 12.0 Å². The van der Waals surface area contributed by atoms with Gasteiger partial charge in [-0.2, -0.15) is 5.10 Å². The molecule has 4 heteroatoms. The summed E-state index contributed by atoms with van der Waals surface area (Å²) in [6.45, 7) is 0. The van der Waals surface area contributed by atoms with Gasteiger partial charge in [-0.05, 0) is 29.8 Å². The molecule has 0 heterocycles. The number of hydrogen-bond donors (Lipinski definition) is 2. The molecule has 2 rings (SSSR count). The highest BCUT2D eigenvalue weighted by atomic mass is 16.3. The van der Waals surface area contributed by atoms with Gasteiger partial charge in [-0.3, -0.25) is 10.2 Å². The molecule has 2 N–H and O–H groups in total. The average molecular weight is 240 g/mol. The van der Waals surface area contributed by atoms with Crippen molar-refractivity contribution in [3.63, 3.8) is 0 Å². The van der Waals surface area contributed by atoms with Crippen LogP contribution >= 0.6 is 0 Å². The van der Waals surface area contributed by atoms with Gasteiger partial charge in [-0.25, -0.2) is 0 Å². The van der Waals surface area contributed by atoms with Crippen molar-refractivity contribution in [3.05, 3.63) is 59.7 Å². The van der Waals surface area contributed by atoms with E-state index in [0.29, 0.717) is 5.56 Å². The number of phenols is 1. The van der Waals surface area contributed by atoms with E-state index in [1.165, 1.54) is 0 Å². The Morgan fingerprint density at radius 1 is 0.944 bits per heavy atom. The van der Waals surface area contributed by atoms with Crippen LogP contribution in [0.25, 0.3) is 0 Å². The monoisotopic (exact) mass is 240 g/mol. The minimum atomic E-state index is 0.217. The van der Waals surface area contributed by atoms with Crippen molar-refractivity contribution in [2.24, 2.45) is 5.10 Å². The fourth-order valence-electron chi connectivity index (χ4n) is 1.38. The van der Waals surface area contributed by atoms with Gasteiger partial charge in [0.2, 0.25) is 0 Å². The van der Waals surface area contributed by atoms with Crippen LogP contribution in [0.3, 0.4) is 0 Å². The zero-order valence-corrected chi connectivity index (χ0v) is 9.58. The molecule has 0 spiro atoms. The number of rotatable bonds is 4. The Morgan fingerprint density at radius 2 is 1.56 bits per heavy atom. The van der Waals surface area contributed by atoms with Gasteiger partial charge in [0.25, 0.3) is 0 Å². The lowest BCUT2D eigenvalue weighted by Gasteiger charge is -1.99. The maximum absolute atomic E-state index is 10.5. The summed E-state index contributed by atoms with van der Waals surface area (Å²) < 4.78 is 0. The summed E-state index contributed by atoms with van der Waals surface area (Å²) in [5, 5.41) is 13.2. The Kier molecular flexibility index (Phi) is 3.71. The number of benzene rings is 2. The van der Waals surface area contributed by atoms with Gasteiger partial charge in [0.05, 0.1) is 11.9 Å². The number of anilines is 1. The van der Waals surface area contributed by atoms with E-state index in [1.54, 1.807) is 42.6 Å². The fraction of sp³-hybridized carbons (Fsp3) is 0. The SMILES string of the molecule is O=Cc1ccc(/C=N/Nc2ccc(O)cc2)cc1. The van der Waals surface area contributed by atoms with E-state index in [9.17, 15) is 4.79 Å². The zero-order chi connectivity index (χ0) is 12.8. The standard InChI is InChI=1S/C14H12N2O2/c17-10-12-3-1-11(2-4-12)9-15-16-13-5-7-14(18)8-6-13/h1-10,16,18H/b15-9+. The number of phenolic OH excluding ortho intramolecular Hbond substituents is 1. The molecular formula is C14H12N2O2. The summed E-state index contributed by atoms with van der Waals surface area (Å²) in [6.07, 6.45) is 2.46. The number of hydrogen-bond acceptors (Lipinski definition) is 4. The van der Waals surface area contributed by atoms with Crippen molar-refractivity contribution in [1.82, 2.24) is 0 Å². The van der Waals surface area contributed by atoms with E-state index in [0.717, 1.165) is 17.5 Å². The van der Waals surface area contributed by atoms with Gasteiger partial charge >= 0.3 is 0 Å². The summed E-state index contributed by atoms with van der Waals surface area (Å²) in [5.41, 5.74) is 5.16. The van der Waals surface area contributed by atoms with Crippen LogP contribution in [-0.2, 0) is 0 Å². The third-order valence-electron chi connectivity index (χ3n) is 2.35. The molecule has 4 nitrogen and oxygen atoms in total. The highest BCUT2D eigenvalue weighted by Gasteiger charge is 1.91. The molecule has 0 aromatic heterocycles. The van der Waals surface area contributed by atoms with E-state index in [2.05, 4.69) is 10.5 Å². The molecule has 0 saturated heterocycles. The number of aromatic hydroxyl groups is 1. The van der Waals surface area contributed by atoms with Crippen molar-refractivity contribution in [2.45, 2.75) is 0 Å². The van der Waals surface area contributed by atoms with Crippen LogP contribution in [-0.4, -0.2) is 17.6 Å². The lowest BCUT2D eigenvalue weighted by Crippen LogP contribution is -1.90. The van der Waals surface area contributed by atoms with Crippen molar-refractivity contribution in [2.75, 3.05) is 5.43 Å². The topological polar surface area (TPSA) is 61.7 Å². The summed E-state index contributed by atoms with van der Waals surface area (Å²) in [5.74, 6) is 0.217. The van der Waals surface area contributed by atoms with E-state index < -0.39 is 0 Å². The van der Waals surface area contributed by atoms with E-state index in [-0.39, 0.29) is 5.75 Å². The predicted octanol–water partition coefficient (Wildman–Crippen LogP) is 2.65. The maximum Gasteiger partial charge on any atom is 0.150 e. The van der Waals surface area contributed by atoms with Crippen LogP contribution in [0.1, 0.15) is 15.9 Å². The molecule has 0 radical (unpaired) electrons. The molecule has 90 valence electrons. The highest BCUT2D eigenvalue weighted by molar-refractivity contribution is 5.82. The van der Waals surface area contributed by atoms with Crippen LogP contribution in [0.15, 0.2) is 53.6 Å². The van der Waals surface area contributed by atoms with Gasteiger partial charge < -0.3 is 5.11 Å². The quantitative estimate of drug-likeness (QED) is 0.374. The summed E-state index contributed by atoms with van der Waals surface area (Å²) in [6, 6.07) is 13.7. The highest BCUT2D eigenvalue weighted by Crippen LogP contribution is 2.13. The number of hydrazone groups is 1. The number of nitrogens with one attached hydrogen (secondary N) is 1. The molecule has 18 heavy (non-hydrogen) atoms. The Hall–Kier alpha value is -2.62. The number of carbonyl (C=O) groups is 1. The van der Waals surface area contributed by atoms with Gasteiger partial charge in [-0.1, -0.05) is 24.3 Å². The molecule has 0 aliphatic rings. The second-order valence-corrected chi connectivity index (χ2v) is 3.70. The molecule has 0 aliphatic carbocycles. The fourth-order valence-corrected chi connectivity index (χ4v) is 1.38. The van der Waals surface area contributed by atoms with Crippen LogP contribution in [0.5, 0.6) is 5.75 Å². The summed E-state index contributed by atoms with van der Waals surface area (Å²) in [4.78, 5) is 10.5. The second-order valence-electron chi connectivity index (χ2n) is 3.70. The molecule has 0 bridgehead atoms. The Balaban J connectivity index is 1.98. The molecule has 0 saturated carbocycles. The van der Waals surface area contributed by atoms with Crippen LogP contribution < -0.4 is 5.43 Å². The molecule has 2 aromatic carbocycles. The molecule has 0 atom stereocenters. The molecule has 2 aromatic rings. The summed E-state index contributed by atoms with van der Waals surface area (Å²) >= 11 is 0. The van der Waals surface area contributed by atoms with E-state index in [1.807, 2.05) is 12.1 Å². The summed E-state index contributed by atoms with van der Waals surface area (Å²) in [7, 11) is 0. The van der Waals surface area contributed by atoms with Gasteiger partial charge in [-0.15, -0.1) is 0 Å². The maximum atomic E-state index is 10.5. The van der Waals surface area contributed by atoms with Crippen LogP contribution in [0.2, 0.25) is 0 Å². The molecule has 0 amide bonds. The molecule has 0 aliphatic heterocycles. The number of aldehydes is 1. The lowest BCUT2D eigenvalue weighted by atomic mass is 10.2. The average Bonchev–Trinajstić information content (AvgIpc) is 2.42. The third kappa shape index (κ3) is 3.18. The van der Waals surface area contributed by atoms with Gasteiger partial charge in [0.15, 0.2) is 0 Å². The first-order valence-corrected chi connectivity index (χ1v) is 5.41. The Morgan fingerprint density at radius 3 is 2.17 bits per heavy atom. The van der Waals surface area contributed by atoms with Gasteiger partial charge in [0, 0.05) is 5.56 Å². The Bertz CT molecular complexity index is 545. The van der Waals surface area contributed by atoms with Crippen molar-refractivity contribution < 1.29 is 9.90 Å². The zero-order valence-electron chi connectivity index (χ0n) is 9.58. The van der Waals surface area contributed by atoms with E-state index >= 15 is 0 Å². The first-order chi connectivity index (χ1) is 8.78. The first-order valence-electron chi connectivity index (χ1n) is 5.41. The minimum absolute atomic E-state index is 0.217. The first kappa shape index (κ1) is 11.9. The van der Waals surface area contributed by atoms with Crippen LogP contribution in [0.4, 0.5) is 5.69 Å². The molecule has 0 unspecified atom stereocenters. The van der Waals surface area contributed by atoms with Crippen LogP contribution in [0, 0.1) is 0 Å². The molecular weight excluding hydrogens is 228 g/mol. The van der Waals surface area contributed by atoms with E-state index in [4.69, 9.17) is 5.11 Å².